The molecule has 0 aliphatic rings. The number of carbonyl (C=O) groups is 1. The molecular weight excluding hydrogens is 450 g/mol. The summed E-state index contributed by atoms with van der Waals surface area (Å²) >= 11 is 10.7. The van der Waals surface area contributed by atoms with E-state index in [9.17, 15) is 9.59 Å². The van der Waals surface area contributed by atoms with Crippen molar-refractivity contribution >= 4 is 51.0 Å². The predicted octanol–water partition coefficient (Wildman–Crippen LogP) is 4.45. The number of hydrogen-bond donors (Lipinski definition) is 1. The Bertz CT molecular complexity index is 1040. The molecule has 1 N–H and O–H groups in total. The van der Waals surface area contributed by atoms with Gasteiger partial charge in [0.25, 0.3) is 5.91 Å². The third-order valence-corrected chi connectivity index (χ3v) is 5.74. The molecule has 2 aromatic carbocycles. The molecule has 138 valence electrons. The van der Waals surface area contributed by atoms with Crippen molar-refractivity contribution in [2.24, 2.45) is 5.10 Å². The van der Waals surface area contributed by atoms with Crippen molar-refractivity contribution in [1.82, 2.24) is 9.99 Å². The van der Waals surface area contributed by atoms with Gasteiger partial charge in [-0.3, -0.25) is 14.2 Å². The zero-order valence-electron chi connectivity index (χ0n) is 14.3. The van der Waals surface area contributed by atoms with Gasteiger partial charge < -0.3 is 0 Å². The molecule has 1 amide bonds. The van der Waals surface area contributed by atoms with Crippen LogP contribution in [0, 0.1) is 6.92 Å². The highest BCUT2D eigenvalue weighted by molar-refractivity contribution is 9.10. The van der Waals surface area contributed by atoms with E-state index in [0.717, 1.165) is 26.9 Å². The summed E-state index contributed by atoms with van der Waals surface area (Å²) in [7, 11) is 0. The Kier molecular flexibility index (Phi) is 6.26. The molecule has 0 unspecified atom stereocenters. The van der Waals surface area contributed by atoms with E-state index in [4.69, 9.17) is 11.6 Å². The van der Waals surface area contributed by atoms with Gasteiger partial charge in [-0.25, -0.2) is 5.43 Å². The fraction of sp³-hybridized carbons (Fsp3) is 0.105. The molecule has 0 fully saturated rings. The van der Waals surface area contributed by atoms with Gasteiger partial charge in [-0.2, -0.15) is 5.10 Å². The lowest BCUT2D eigenvalue weighted by Gasteiger charge is -2.04. The smallest absolute Gasteiger partial charge is 0.284 e. The maximum atomic E-state index is 12.2. The third-order valence-electron chi connectivity index (χ3n) is 3.77. The first-order valence-corrected chi connectivity index (χ1v) is 9.96. The van der Waals surface area contributed by atoms with Crippen LogP contribution in [0.5, 0.6) is 0 Å². The van der Waals surface area contributed by atoms with Crippen LogP contribution in [-0.4, -0.2) is 16.7 Å². The second-order valence-electron chi connectivity index (χ2n) is 5.80. The molecule has 0 aliphatic carbocycles. The van der Waals surface area contributed by atoms with Gasteiger partial charge in [0.05, 0.1) is 17.6 Å². The van der Waals surface area contributed by atoms with Gasteiger partial charge >= 0.3 is 4.87 Å². The summed E-state index contributed by atoms with van der Waals surface area (Å²) < 4.78 is 2.44. The number of rotatable bonds is 5. The number of thiazole rings is 1. The minimum Gasteiger partial charge on any atom is -0.284 e. The fourth-order valence-corrected chi connectivity index (χ4v) is 3.68. The molecule has 0 spiro atoms. The highest BCUT2D eigenvalue weighted by Crippen LogP contribution is 2.19. The molecule has 0 aliphatic heterocycles. The molecule has 27 heavy (non-hydrogen) atoms. The lowest BCUT2D eigenvalue weighted by Crippen LogP contribution is -2.17. The van der Waals surface area contributed by atoms with E-state index in [1.165, 1.54) is 10.8 Å². The van der Waals surface area contributed by atoms with Crippen LogP contribution >= 0.6 is 38.9 Å². The van der Waals surface area contributed by atoms with Crippen LogP contribution in [0.2, 0.25) is 5.15 Å². The number of aryl methyl sites for hydroxylation is 1. The number of carbonyl (C=O) groups excluding carboxylic acids is 1. The van der Waals surface area contributed by atoms with Crippen LogP contribution in [0.4, 0.5) is 0 Å². The van der Waals surface area contributed by atoms with Gasteiger partial charge in [-0.1, -0.05) is 68.7 Å². The van der Waals surface area contributed by atoms with E-state index in [0.29, 0.717) is 22.1 Å². The van der Waals surface area contributed by atoms with Crippen molar-refractivity contribution in [3.8, 4) is 0 Å². The number of benzene rings is 2. The number of hydrazone groups is 1. The van der Waals surface area contributed by atoms with Crippen LogP contribution in [0.25, 0.3) is 0 Å². The van der Waals surface area contributed by atoms with Gasteiger partial charge in [0, 0.05) is 10.0 Å². The Labute approximate surface area is 173 Å². The normalized spacial score (nSPS) is 11.1. The average Bonchev–Trinajstić information content (AvgIpc) is 2.91. The van der Waals surface area contributed by atoms with Crippen molar-refractivity contribution in [2.45, 2.75) is 13.5 Å². The first kappa shape index (κ1) is 19.5. The lowest BCUT2D eigenvalue weighted by molar-refractivity contribution is 0.0955. The van der Waals surface area contributed by atoms with Gasteiger partial charge in [-0.05, 0) is 36.8 Å². The van der Waals surface area contributed by atoms with E-state index >= 15 is 0 Å². The summed E-state index contributed by atoms with van der Waals surface area (Å²) in [5, 5.41) is 4.21. The highest BCUT2D eigenvalue weighted by atomic mass is 79.9. The lowest BCUT2D eigenvalue weighted by atomic mass is 10.1. The van der Waals surface area contributed by atoms with Gasteiger partial charge in [0.15, 0.2) is 0 Å². The summed E-state index contributed by atoms with van der Waals surface area (Å²) in [6.07, 6.45) is 1.39. The Morgan fingerprint density at radius 1 is 1.22 bits per heavy atom. The van der Waals surface area contributed by atoms with Crippen molar-refractivity contribution < 1.29 is 4.79 Å². The first-order chi connectivity index (χ1) is 12.9. The highest BCUT2D eigenvalue weighted by Gasteiger charge is 2.12. The summed E-state index contributed by atoms with van der Waals surface area (Å²) in [5.41, 5.74) is 4.97. The summed E-state index contributed by atoms with van der Waals surface area (Å²) in [5.74, 6) is -0.330. The zero-order valence-corrected chi connectivity index (χ0v) is 17.4. The molecule has 0 bridgehead atoms. The van der Waals surface area contributed by atoms with E-state index in [1.54, 1.807) is 12.1 Å². The second-order valence-corrected chi connectivity index (χ2v) is 8.07. The monoisotopic (exact) mass is 463 g/mol. The number of nitrogens with zero attached hydrogens (tertiary/aromatic N) is 2. The number of nitrogens with one attached hydrogen (secondary N) is 1. The molecule has 1 heterocycles. The molecule has 0 saturated heterocycles. The topological polar surface area (TPSA) is 63.5 Å². The SMILES string of the molecule is Cc1ccc(C(=O)N/N=C\c2sc(=O)n(Cc3ccc(Br)cc3)c2Cl)cc1. The summed E-state index contributed by atoms with van der Waals surface area (Å²) in [6.45, 7) is 2.31. The summed E-state index contributed by atoms with van der Waals surface area (Å²) in [6, 6.07) is 14.8. The van der Waals surface area contributed by atoms with Crippen LogP contribution in [0.3, 0.4) is 0 Å². The van der Waals surface area contributed by atoms with E-state index in [-0.39, 0.29) is 10.8 Å². The predicted molar refractivity (Wildman–Crippen MR) is 113 cm³/mol. The molecule has 0 saturated carbocycles. The van der Waals surface area contributed by atoms with Gasteiger partial charge in [0.2, 0.25) is 0 Å². The Morgan fingerprint density at radius 2 is 1.89 bits per heavy atom. The van der Waals surface area contributed by atoms with Crippen molar-refractivity contribution in [3.05, 3.63) is 89.4 Å². The number of amides is 1. The zero-order chi connectivity index (χ0) is 19.4. The van der Waals surface area contributed by atoms with Gasteiger partial charge in [-0.15, -0.1) is 0 Å². The maximum absolute atomic E-state index is 12.2. The second kappa shape index (κ2) is 8.65. The summed E-state index contributed by atoms with van der Waals surface area (Å²) in [4.78, 5) is 24.6. The quantitative estimate of drug-likeness (QED) is 0.448. The fourth-order valence-electron chi connectivity index (χ4n) is 2.31. The molecule has 0 radical (unpaired) electrons. The molecule has 0 atom stereocenters. The number of hydrogen-bond acceptors (Lipinski definition) is 4. The van der Waals surface area contributed by atoms with Crippen LogP contribution in [0.15, 0.2) is 62.9 Å². The third kappa shape index (κ3) is 4.94. The van der Waals surface area contributed by atoms with Crippen LogP contribution in [-0.2, 0) is 6.54 Å². The Morgan fingerprint density at radius 3 is 2.56 bits per heavy atom. The standard InChI is InChI=1S/C19H15BrClN3O2S/c1-12-2-6-14(7-3-12)18(25)23-22-10-16-17(21)24(19(26)27-16)11-13-4-8-15(20)9-5-13/h2-10H,11H2,1H3,(H,23,25)/b22-10-. The molecule has 1 aromatic heterocycles. The largest absolute Gasteiger partial charge is 0.309 e. The Hall–Kier alpha value is -2.22. The Balaban J connectivity index is 1.71. The van der Waals surface area contributed by atoms with Gasteiger partial charge in [0.1, 0.15) is 5.15 Å². The first-order valence-electron chi connectivity index (χ1n) is 7.97. The molecule has 5 nitrogen and oxygen atoms in total. The van der Waals surface area contributed by atoms with Crippen LogP contribution < -0.4 is 10.3 Å². The minimum atomic E-state index is -0.330. The molecule has 3 aromatic rings. The number of halogens is 2. The molecule has 8 heteroatoms. The van der Waals surface area contributed by atoms with Crippen molar-refractivity contribution in [3.63, 3.8) is 0 Å². The average molecular weight is 465 g/mol. The molecular formula is C19H15BrClN3O2S. The van der Waals surface area contributed by atoms with Crippen LogP contribution in [0.1, 0.15) is 26.4 Å². The van der Waals surface area contributed by atoms with E-state index in [1.807, 2.05) is 43.3 Å². The van der Waals surface area contributed by atoms with Crippen molar-refractivity contribution in [2.75, 3.05) is 0 Å². The van der Waals surface area contributed by atoms with E-state index in [2.05, 4.69) is 26.5 Å². The van der Waals surface area contributed by atoms with Crippen molar-refractivity contribution in [1.29, 1.82) is 0 Å². The minimum absolute atomic E-state index is 0.186. The number of aromatic nitrogens is 1. The maximum Gasteiger partial charge on any atom is 0.309 e. The molecule has 3 rings (SSSR count). The van der Waals surface area contributed by atoms with E-state index < -0.39 is 0 Å².